The summed E-state index contributed by atoms with van der Waals surface area (Å²) in [5.41, 5.74) is 3.16. The van der Waals surface area contributed by atoms with Crippen LogP contribution in [0.15, 0.2) is 54.2 Å². The van der Waals surface area contributed by atoms with Gasteiger partial charge in [-0.15, -0.1) is 11.3 Å². The van der Waals surface area contributed by atoms with E-state index in [1.807, 2.05) is 38.1 Å². The first-order valence-electron chi connectivity index (χ1n) is 20.8. The highest BCUT2D eigenvalue weighted by Crippen LogP contribution is 2.42. The zero-order valence-electron chi connectivity index (χ0n) is 34.7. The number of benzene rings is 2. The Morgan fingerprint density at radius 2 is 1.82 bits per heavy atom. The van der Waals surface area contributed by atoms with Crippen molar-refractivity contribution in [2.75, 3.05) is 6.54 Å². The monoisotopic (exact) mass is 842 g/mol. The Morgan fingerprint density at radius 3 is 2.50 bits per heavy atom. The zero-order chi connectivity index (χ0) is 42.9. The standard InChI is InChI=1S/C44H53BF2N6O6S/c1-24(26-6-8-27(9-7-26)32-14-17-48-34-13-12-30(46)19-33(32)34)39(55)52-45-59-36-18-28(37-25(2)50-23-60-37)10-11-29(36)21-49-40(56)35-20-31(54)22-53(35)41(57)38(43(3,4)5)51-42(58)44(47)15-16-44/h10-14,17-19,23-24,26-27,31,35,38,45,54H,6-9,15-16,20-22H2,1-5H3,(H,49,56)(H,51,58)(H,52,55). The second-order valence-electron chi connectivity index (χ2n) is 17.7. The maximum absolute atomic E-state index is 14.6. The molecule has 7 rings (SSSR count). The van der Waals surface area contributed by atoms with Crippen LogP contribution in [0.5, 0.6) is 5.75 Å². The molecule has 2 aliphatic carbocycles. The summed E-state index contributed by atoms with van der Waals surface area (Å²) in [5, 5.41) is 19.9. The van der Waals surface area contributed by atoms with Crippen molar-refractivity contribution in [3.8, 4) is 16.2 Å². The van der Waals surface area contributed by atoms with E-state index < -0.39 is 47.0 Å². The Morgan fingerprint density at radius 1 is 1.07 bits per heavy atom. The van der Waals surface area contributed by atoms with Crippen LogP contribution in [-0.4, -0.2) is 81.6 Å². The summed E-state index contributed by atoms with van der Waals surface area (Å²) in [7, 11) is -0.115. The minimum atomic E-state index is -1.98. The lowest BCUT2D eigenvalue weighted by atomic mass is 9.73. The van der Waals surface area contributed by atoms with Gasteiger partial charge in [0.1, 0.15) is 23.7 Å². The number of rotatable bonds is 13. The van der Waals surface area contributed by atoms with Crippen molar-refractivity contribution in [3.63, 3.8) is 0 Å². The molecule has 2 aromatic carbocycles. The van der Waals surface area contributed by atoms with E-state index in [4.69, 9.17) is 4.65 Å². The van der Waals surface area contributed by atoms with Gasteiger partial charge in [0, 0.05) is 42.6 Å². The summed E-state index contributed by atoms with van der Waals surface area (Å²) >= 11 is 1.48. The van der Waals surface area contributed by atoms with Gasteiger partial charge >= 0.3 is 7.62 Å². The number of hydrogen-bond donors (Lipinski definition) is 4. The lowest BCUT2D eigenvalue weighted by Gasteiger charge is -2.35. The van der Waals surface area contributed by atoms with Crippen LogP contribution in [0.3, 0.4) is 0 Å². The molecule has 0 bridgehead atoms. The molecule has 16 heteroatoms. The van der Waals surface area contributed by atoms with Crippen molar-refractivity contribution in [1.82, 2.24) is 30.7 Å². The number of aromatic nitrogens is 2. The van der Waals surface area contributed by atoms with E-state index in [1.54, 1.807) is 44.6 Å². The Balaban J connectivity index is 0.983. The van der Waals surface area contributed by atoms with Crippen LogP contribution in [-0.2, 0) is 25.7 Å². The van der Waals surface area contributed by atoms with Gasteiger partial charge in [-0.3, -0.25) is 24.2 Å². The maximum Gasteiger partial charge on any atom is 0.463 e. The number of halogens is 2. The number of likely N-dealkylation sites (tertiary alicyclic amines) is 1. The van der Waals surface area contributed by atoms with Crippen LogP contribution in [0.1, 0.15) is 95.4 Å². The number of aliphatic hydroxyl groups excluding tert-OH is 1. The van der Waals surface area contributed by atoms with E-state index in [0.717, 1.165) is 58.3 Å². The van der Waals surface area contributed by atoms with Crippen molar-refractivity contribution in [3.05, 3.63) is 76.8 Å². The number of nitrogens with zero attached hydrogens (tertiary/aromatic N) is 3. The van der Waals surface area contributed by atoms with Crippen LogP contribution in [0.2, 0.25) is 0 Å². The number of aliphatic hydroxyl groups is 1. The van der Waals surface area contributed by atoms with E-state index >= 15 is 0 Å². The number of β-amino-alcohol motifs (C(OH)–C–C–N with tert-alkyl or cyclic N) is 1. The summed E-state index contributed by atoms with van der Waals surface area (Å²) in [5.74, 6) is -1.73. The molecular weight excluding hydrogens is 789 g/mol. The molecule has 2 aromatic heterocycles. The molecule has 4 amide bonds. The number of hydrogen-bond acceptors (Lipinski definition) is 9. The highest BCUT2D eigenvalue weighted by Gasteiger charge is 2.53. The van der Waals surface area contributed by atoms with Crippen molar-refractivity contribution >= 4 is 53.5 Å². The summed E-state index contributed by atoms with van der Waals surface area (Å²) in [6.07, 6.45) is 4.46. The topological polar surface area (TPSA) is 163 Å². The smallest absolute Gasteiger partial charge is 0.463 e. The number of aryl methyl sites for hydroxylation is 1. The first kappa shape index (κ1) is 43.1. The zero-order valence-corrected chi connectivity index (χ0v) is 35.5. The lowest BCUT2D eigenvalue weighted by molar-refractivity contribution is -0.145. The minimum absolute atomic E-state index is 0.00509. The molecule has 3 fully saturated rings. The van der Waals surface area contributed by atoms with Gasteiger partial charge < -0.3 is 30.5 Å². The Bertz CT molecular complexity index is 2260. The molecule has 4 N–H and O–H groups in total. The maximum atomic E-state index is 14.6. The number of amides is 4. The summed E-state index contributed by atoms with van der Waals surface area (Å²) < 4.78 is 35.0. The second-order valence-corrected chi connectivity index (χ2v) is 18.6. The normalized spacial score (nSPS) is 22.1. The molecule has 60 heavy (non-hydrogen) atoms. The number of pyridine rings is 1. The highest BCUT2D eigenvalue weighted by atomic mass is 32.1. The molecule has 0 spiro atoms. The molecular formula is C44H53BF2N6O6S. The number of nitrogens with one attached hydrogen (secondary N) is 3. The van der Waals surface area contributed by atoms with Gasteiger partial charge in [0.05, 0.1) is 27.7 Å². The van der Waals surface area contributed by atoms with Crippen LogP contribution in [0, 0.1) is 30.0 Å². The van der Waals surface area contributed by atoms with Gasteiger partial charge in [-0.2, -0.15) is 0 Å². The largest absolute Gasteiger partial charge is 0.544 e. The molecule has 4 unspecified atom stereocenters. The third-order valence-electron chi connectivity index (χ3n) is 12.4. The van der Waals surface area contributed by atoms with Crippen molar-refractivity contribution < 1.29 is 37.7 Å². The predicted molar refractivity (Wildman–Crippen MR) is 226 cm³/mol. The number of carbonyl (C=O) groups excluding carboxylic acids is 4. The van der Waals surface area contributed by atoms with Gasteiger partial charge in [-0.25, -0.2) is 13.8 Å². The minimum Gasteiger partial charge on any atom is -0.544 e. The van der Waals surface area contributed by atoms with E-state index in [2.05, 4.69) is 25.8 Å². The van der Waals surface area contributed by atoms with E-state index in [0.29, 0.717) is 11.3 Å². The van der Waals surface area contributed by atoms with Crippen molar-refractivity contribution in [1.29, 1.82) is 0 Å². The highest BCUT2D eigenvalue weighted by molar-refractivity contribution is 7.13. The van der Waals surface area contributed by atoms with Gasteiger partial charge in [0.2, 0.25) is 17.7 Å². The first-order chi connectivity index (χ1) is 28.5. The quantitative estimate of drug-likeness (QED) is 0.123. The Labute approximate surface area is 353 Å². The third-order valence-corrected chi connectivity index (χ3v) is 13.4. The molecule has 1 aliphatic heterocycles. The second kappa shape index (κ2) is 17.6. The van der Waals surface area contributed by atoms with Crippen LogP contribution < -0.4 is 20.5 Å². The average molecular weight is 843 g/mol. The molecule has 1 saturated heterocycles. The molecule has 3 heterocycles. The fourth-order valence-electron chi connectivity index (χ4n) is 8.56. The molecule has 4 atom stereocenters. The SMILES string of the molecule is Cc1ncsc1-c1ccc(CNC(=O)C2CC(O)CN2C(=O)C(NC(=O)C2(F)CC2)C(C)(C)C)c(OBNC(=O)C(C)C2CCC(c3ccnc4ccc(F)cc34)CC2)c1. The van der Waals surface area contributed by atoms with E-state index in [-0.39, 0.29) is 69.4 Å². The Kier molecular flexibility index (Phi) is 12.6. The molecule has 4 aromatic rings. The third kappa shape index (κ3) is 9.49. The lowest BCUT2D eigenvalue weighted by Crippen LogP contribution is -2.59. The van der Waals surface area contributed by atoms with Gasteiger partial charge in [0.25, 0.3) is 5.91 Å². The summed E-state index contributed by atoms with van der Waals surface area (Å²) in [4.78, 5) is 64.8. The summed E-state index contributed by atoms with van der Waals surface area (Å²) in [6.45, 7) is 9.00. The van der Waals surface area contributed by atoms with Crippen LogP contribution >= 0.6 is 11.3 Å². The number of alkyl halides is 1. The van der Waals surface area contributed by atoms with Gasteiger partial charge in [0.15, 0.2) is 5.67 Å². The summed E-state index contributed by atoms with van der Waals surface area (Å²) in [6, 6.07) is 10.1. The number of carbonyl (C=O) groups is 4. The van der Waals surface area contributed by atoms with Crippen LogP contribution in [0.25, 0.3) is 21.3 Å². The molecule has 3 aliphatic rings. The molecule has 12 nitrogen and oxygen atoms in total. The number of thiazole rings is 1. The van der Waals surface area contributed by atoms with Crippen molar-refractivity contribution in [2.45, 2.75) is 116 Å². The van der Waals surface area contributed by atoms with Gasteiger partial charge in [-0.05, 0) is 104 Å². The van der Waals surface area contributed by atoms with Crippen LogP contribution in [0.4, 0.5) is 8.78 Å². The van der Waals surface area contributed by atoms with E-state index in [1.165, 1.54) is 22.3 Å². The molecule has 0 radical (unpaired) electrons. The molecule has 2 saturated carbocycles. The van der Waals surface area contributed by atoms with E-state index in [9.17, 15) is 33.1 Å². The van der Waals surface area contributed by atoms with Crippen molar-refractivity contribution in [2.24, 2.45) is 17.3 Å². The predicted octanol–water partition coefficient (Wildman–Crippen LogP) is 5.79. The molecule has 318 valence electrons. The fourth-order valence-corrected chi connectivity index (χ4v) is 9.36. The van der Waals surface area contributed by atoms with Gasteiger partial charge in [-0.1, -0.05) is 39.8 Å². The average Bonchev–Trinajstić information content (AvgIpc) is 3.63. The first-order valence-corrected chi connectivity index (χ1v) is 21.6. The number of fused-ring (bicyclic) bond motifs is 1. The Hall–Kier alpha value is -4.96. The fraction of sp³-hybridized carbons (Fsp3) is 0.500.